The van der Waals surface area contributed by atoms with Gasteiger partial charge in [-0.05, 0) is 30.2 Å². The van der Waals surface area contributed by atoms with Crippen LogP contribution in [0.1, 0.15) is 22.8 Å². The van der Waals surface area contributed by atoms with Crippen molar-refractivity contribution in [1.29, 1.82) is 0 Å². The van der Waals surface area contributed by atoms with Gasteiger partial charge in [0, 0.05) is 15.9 Å². The van der Waals surface area contributed by atoms with Gasteiger partial charge in [-0.1, -0.05) is 50.4 Å². The van der Waals surface area contributed by atoms with Gasteiger partial charge < -0.3 is 0 Å². The van der Waals surface area contributed by atoms with E-state index in [2.05, 4.69) is 31.9 Å². The van der Waals surface area contributed by atoms with E-state index in [1.54, 1.807) is 12.1 Å². The lowest BCUT2D eigenvalue weighted by Crippen LogP contribution is -2.15. The summed E-state index contributed by atoms with van der Waals surface area (Å²) in [4.78, 5) is 11.7. The maximum absolute atomic E-state index is 11.8. The second-order valence-corrected chi connectivity index (χ2v) is 5.31. The first-order valence-corrected chi connectivity index (χ1v) is 7.04. The molecule has 0 amide bonds. The maximum Gasteiger partial charge on any atom is 0.177 e. The molecule has 0 bridgehead atoms. The molecule has 1 nitrogen and oxygen atoms in total. The van der Waals surface area contributed by atoms with Gasteiger partial charge >= 0.3 is 0 Å². The molecule has 1 aromatic carbocycles. The molecule has 0 N–H and O–H groups in total. The highest BCUT2D eigenvalue weighted by Gasteiger charge is 2.16. The number of alkyl halides is 2. The third-order valence-electron chi connectivity index (χ3n) is 2.13. The highest BCUT2D eigenvalue weighted by atomic mass is 79.9. The lowest BCUT2D eigenvalue weighted by molar-refractivity contribution is 0.0997. The number of benzene rings is 1. The summed E-state index contributed by atoms with van der Waals surface area (Å²) in [7, 11) is 0. The predicted molar refractivity (Wildman–Crippen MR) is 71.7 cm³/mol. The molecule has 0 aromatic heterocycles. The highest BCUT2D eigenvalue weighted by molar-refractivity contribution is 9.12. The summed E-state index contributed by atoms with van der Waals surface area (Å²) in [6.07, 6.45) is 0.835. The molecule has 0 aliphatic heterocycles. The largest absolute Gasteiger partial charge is 0.293 e. The summed E-state index contributed by atoms with van der Waals surface area (Å²) >= 11 is 12.6. The second-order valence-electron chi connectivity index (χ2n) is 3.15. The maximum atomic E-state index is 11.8. The van der Waals surface area contributed by atoms with Crippen LogP contribution >= 0.6 is 43.5 Å². The Hall–Kier alpha value is 0.140. The topological polar surface area (TPSA) is 17.1 Å². The normalized spacial score (nSPS) is 12.5. The van der Waals surface area contributed by atoms with Crippen molar-refractivity contribution in [1.82, 2.24) is 0 Å². The smallest absolute Gasteiger partial charge is 0.177 e. The quantitative estimate of drug-likeness (QED) is 0.584. The van der Waals surface area contributed by atoms with Crippen LogP contribution in [0, 0.1) is 0 Å². The summed E-state index contributed by atoms with van der Waals surface area (Å²) in [5.41, 5.74) is 1.72. The minimum absolute atomic E-state index is 0.0817. The zero-order chi connectivity index (χ0) is 11.4. The molecule has 0 fully saturated rings. The number of carbonyl (C=O) groups is 1. The molecule has 4 heteroatoms. The van der Waals surface area contributed by atoms with E-state index in [1.807, 2.05) is 13.0 Å². The average molecular weight is 354 g/mol. The molecule has 1 unspecified atom stereocenters. The Kier molecular flexibility index (Phi) is 5.30. The zero-order valence-corrected chi connectivity index (χ0v) is 12.2. The number of aryl methyl sites for hydroxylation is 1. The Morgan fingerprint density at radius 3 is 2.73 bits per heavy atom. The molecular formula is C11H11Br2ClO. The zero-order valence-electron chi connectivity index (χ0n) is 8.27. The number of Topliss-reactive ketones (excluding diaryl/α,β-unsaturated/α-hetero) is 1. The minimum atomic E-state index is -0.177. The standard InChI is InChI=1S/C11H11Br2ClO/c1-2-7-5-8(3-4-10(7)14)11(15)9(13)6-12/h3-5,9H,2,6H2,1H3. The summed E-state index contributed by atoms with van der Waals surface area (Å²) < 4.78 is 0. The van der Waals surface area contributed by atoms with Crippen molar-refractivity contribution < 1.29 is 4.79 Å². The molecule has 0 saturated carbocycles. The lowest BCUT2D eigenvalue weighted by atomic mass is 10.0. The van der Waals surface area contributed by atoms with E-state index in [0.717, 1.165) is 17.0 Å². The summed E-state index contributed by atoms with van der Waals surface area (Å²) in [5.74, 6) is 0.0817. The van der Waals surface area contributed by atoms with Crippen LogP contribution in [0.25, 0.3) is 0 Å². The van der Waals surface area contributed by atoms with Gasteiger partial charge in [0.25, 0.3) is 0 Å². The van der Waals surface area contributed by atoms with Gasteiger partial charge in [-0.15, -0.1) is 0 Å². The first kappa shape index (κ1) is 13.2. The van der Waals surface area contributed by atoms with Crippen LogP contribution in [-0.2, 0) is 6.42 Å². The fourth-order valence-electron chi connectivity index (χ4n) is 1.25. The Balaban J connectivity index is 3.01. The van der Waals surface area contributed by atoms with Crippen molar-refractivity contribution in [3.63, 3.8) is 0 Å². The van der Waals surface area contributed by atoms with Crippen LogP contribution in [0.15, 0.2) is 18.2 Å². The Labute approximate surface area is 111 Å². The van der Waals surface area contributed by atoms with Gasteiger partial charge in [-0.3, -0.25) is 4.79 Å². The highest BCUT2D eigenvalue weighted by Crippen LogP contribution is 2.20. The second kappa shape index (κ2) is 6.02. The van der Waals surface area contributed by atoms with Crippen LogP contribution in [0.5, 0.6) is 0 Å². The first-order valence-electron chi connectivity index (χ1n) is 4.62. The molecule has 0 heterocycles. The molecule has 0 radical (unpaired) electrons. The summed E-state index contributed by atoms with van der Waals surface area (Å²) in [6, 6.07) is 5.41. The van der Waals surface area contributed by atoms with Gasteiger partial charge in [0.05, 0.1) is 4.83 Å². The molecule has 0 spiro atoms. The van der Waals surface area contributed by atoms with E-state index in [0.29, 0.717) is 10.9 Å². The Morgan fingerprint density at radius 2 is 2.20 bits per heavy atom. The van der Waals surface area contributed by atoms with Gasteiger partial charge in [0.15, 0.2) is 5.78 Å². The van der Waals surface area contributed by atoms with Crippen LogP contribution in [0.4, 0.5) is 0 Å². The molecule has 1 rings (SSSR count). The average Bonchev–Trinajstić information content (AvgIpc) is 2.27. The molecule has 1 atom stereocenters. The van der Waals surface area contributed by atoms with Crippen molar-refractivity contribution in [2.75, 3.05) is 5.33 Å². The fourth-order valence-corrected chi connectivity index (χ4v) is 2.06. The summed E-state index contributed by atoms with van der Waals surface area (Å²) in [6.45, 7) is 2.02. The van der Waals surface area contributed by atoms with E-state index in [9.17, 15) is 4.79 Å². The van der Waals surface area contributed by atoms with E-state index >= 15 is 0 Å². The minimum Gasteiger partial charge on any atom is -0.293 e. The van der Waals surface area contributed by atoms with Crippen LogP contribution in [0.2, 0.25) is 5.02 Å². The fraction of sp³-hybridized carbons (Fsp3) is 0.364. The van der Waals surface area contributed by atoms with Crippen molar-refractivity contribution >= 4 is 49.2 Å². The SMILES string of the molecule is CCc1cc(C(=O)C(Br)CBr)ccc1Cl. The van der Waals surface area contributed by atoms with Crippen molar-refractivity contribution in [2.24, 2.45) is 0 Å². The number of ketones is 1. The Bertz CT molecular complexity index is 366. The third-order valence-corrected chi connectivity index (χ3v) is 4.76. The van der Waals surface area contributed by atoms with E-state index in [1.165, 1.54) is 0 Å². The number of hydrogen-bond donors (Lipinski definition) is 0. The van der Waals surface area contributed by atoms with Crippen molar-refractivity contribution in [3.05, 3.63) is 34.3 Å². The first-order chi connectivity index (χ1) is 7.10. The van der Waals surface area contributed by atoms with Crippen LogP contribution in [0.3, 0.4) is 0 Å². The Morgan fingerprint density at radius 1 is 1.53 bits per heavy atom. The lowest BCUT2D eigenvalue weighted by Gasteiger charge is -2.07. The molecule has 0 aliphatic rings. The predicted octanol–water partition coefficient (Wildman–Crippen LogP) is 4.24. The number of carbonyl (C=O) groups excluding carboxylic acids is 1. The van der Waals surface area contributed by atoms with E-state index < -0.39 is 0 Å². The van der Waals surface area contributed by atoms with Gasteiger partial charge in [-0.25, -0.2) is 0 Å². The molecule has 0 aliphatic carbocycles. The van der Waals surface area contributed by atoms with Gasteiger partial charge in [0.1, 0.15) is 0 Å². The molecule has 15 heavy (non-hydrogen) atoms. The van der Waals surface area contributed by atoms with E-state index in [4.69, 9.17) is 11.6 Å². The monoisotopic (exact) mass is 352 g/mol. The van der Waals surface area contributed by atoms with Crippen molar-refractivity contribution in [2.45, 2.75) is 18.2 Å². The number of halogens is 3. The molecule has 1 aromatic rings. The van der Waals surface area contributed by atoms with Crippen LogP contribution in [-0.4, -0.2) is 15.9 Å². The number of rotatable bonds is 4. The van der Waals surface area contributed by atoms with Crippen molar-refractivity contribution in [3.8, 4) is 0 Å². The van der Waals surface area contributed by atoms with Gasteiger partial charge in [-0.2, -0.15) is 0 Å². The summed E-state index contributed by atoms with van der Waals surface area (Å²) in [5, 5.41) is 1.33. The van der Waals surface area contributed by atoms with Crippen LogP contribution < -0.4 is 0 Å². The van der Waals surface area contributed by atoms with Gasteiger partial charge in [0.2, 0.25) is 0 Å². The number of hydrogen-bond acceptors (Lipinski definition) is 1. The molecule has 0 saturated heterocycles. The molecule has 82 valence electrons. The van der Waals surface area contributed by atoms with E-state index in [-0.39, 0.29) is 10.6 Å². The molecular weight excluding hydrogens is 343 g/mol. The third kappa shape index (κ3) is 3.30.